The van der Waals surface area contributed by atoms with Gasteiger partial charge in [-0.2, -0.15) is 0 Å². The van der Waals surface area contributed by atoms with Crippen LogP contribution in [-0.4, -0.2) is 12.6 Å². The number of benzene rings is 2. The first-order chi connectivity index (χ1) is 11.5. The average molecular weight is 325 g/mol. The largest absolute Gasteiger partial charge is 0.489 e. The molecule has 2 aromatic carbocycles. The van der Waals surface area contributed by atoms with Crippen LogP contribution in [0.2, 0.25) is 0 Å². The Morgan fingerprint density at radius 3 is 2.17 bits per heavy atom. The number of ether oxygens (including phenoxy) is 1. The first-order valence-corrected chi connectivity index (χ1v) is 9.11. The monoisotopic (exact) mass is 325 g/mol. The van der Waals surface area contributed by atoms with Crippen molar-refractivity contribution in [3.8, 4) is 5.75 Å². The van der Waals surface area contributed by atoms with Crippen molar-refractivity contribution >= 4 is 5.69 Å². The van der Waals surface area contributed by atoms with Gasteiger partial charge in [-0.25, -0.2) is 0 Å². The fourth-order valence-corrected chi connectivity index (χ4v) is 2.89. The zero-order valence-electron chi connectivity index (χ0n) is 15.7. The van der Waals surface area contributed by atoms with E-state index in [4.69, 9.17) is 4.74 Å². The molecule has 0 aliphatic carbocycles. The molecule has 0 aromatic heterocycles. The number of rotatable bonds is 8. The lowest BCUT2D eigenvalue weighted by Crippen LogP contribution is -2.23. The third kappa shape index (κ3) is 4.77. The van der Waals surface area contributed by atoms with Crippen LogP contribution in [0.25, 0.3) is 0 Å². The van der Waals surface area contributed by atoms with E-state index < -0.39 is 0 Å². The molecule has 2 nitrogen and oxygen atoms in total. The summed E-state index contributed by atoms with van der Waals surface area (Å²) in [5.74, 6) is 2.04. The Bertz CT molecular complexity index is 635. The molecule has 0 radical (unpaired) electrons. The van der Waals surface area contributed by atoms with Gasteiger partial charge in [0, 0.05) is 5.69 Å². The quantitative estimate of drug-likeness (QED) is 0.623. The van der Waals surface area contributed by atoms with Gasteiger partial charge in [0.2, 0.25) is 0 Å². The fourth-order valence-electron chi connectivity index (χ4n) is 2.89. The number of para-hydroxylation sites is 2. The number of anilines is 1. The smallest absolute Gasteiger partial charge is 0.123 e. The van der Waals surface area contributed by atoms with E-state index in [1.165, 1.54) is 16.8 Å². The van der Waals surface area contributed by atoms with Gasteiger partial charge in [-0.1, -0.05) is 64.1 Å². The minimum Gasteiger partial charge on any atom is -0.489 e. The molecule has 0 saturated carbocycles. The molecule has 130 valence electrons. The van der Waals surface area contributed by atoms with E-state index in [0.717, 1.165) is 18.7 Å². The molecule has 1 N–H and O–H groups in total. The van der Waals surface area contributed by atoms with Crippen molar-refractivity contribution in [2.45, 2.75) is 59.0 Å². The van der Waals surface area contributed by atoms with Crippen LogP contribution in [0.5, 0.6) is 5.75 Å². The summed E-state index contributed by atoms with van der Waals surface area (Å²) in [5, 5.41) is 3.55. The van der Waals surface area contributed by atoms with E-state index in [2.05, 4.69) is 88.5 Å². The molecule has 2 atom stereocenters. The molecule has 2 heteroatoms. The van der Waals surface area contributed by atoms with Crippen molar-refractivity contribution in [2.24, 2.45) is 0 Å². The Kier molecular flexibility index (Phi) is 6.72. The summed E-state index contributed by atoms with van der Waals surface area (Å²) in [4.78, 5) is 0. The van der Waals surface area contributed by atoms with Crippen LogP contribution in [-0.2, 0) is 0 Å². The third-order valence-electron chi connectivity index (χ3n) is 4.55. The normalized spacial score (nSPS) is 13.6. The third-order valence-corrected chi connectivity index (χ3v) is 4.55. The van der Waals surface area contributed by atoms with Crippen LogP contribution < -0.4 is 10.1 Å². The summed E-state index contributed by atoms with van der Waals surface area (Å²) in [6, 6.07) is 16.9. The first-order valence-electron chi connectivity index (χ1n) is 9.11. The molecule has 0 amide bonds. The SMILES string of the molecule is CCC(C)c1ccccc1OC(C)CNc1ccccc1C(C)C. The maximum Gasteiger partial charge on any atom is 0.123 e. The molecule has 0 heterocycles. The van der Waals surface area contributed by atoms with Gasteiger partial charge in [0.1, 0.15) is 11.9 Å². The molecule has 0 saturated heterocycles. The molecule has 2 rings (SSSR count). The first kappa shape index (κ1) is 18.4. The molecule has 0 aliphatic rings. The van der Waals surface area contributed by atoms with E-state index in [-0.39, 0.29) is 6.10 Å². The van der Waals surface area contributed by atoms with Crippen molar-refractivity contribution in [1.82, 2.24) is 0 Å². The van der Waals surface area contributed by atoms with Gasteiger partial charge in [-0.3, -0.25) is 0 Å². The van der Waals surface area contributed by atoms with Gasteiger partial charge < -0.3 is 10.1 Å². The molecule has 0 fully saturated rings. The Balaban J connectivity index is 2.01. The molecule has 0 aliphatic heterocycles. The lowest BCUT2D eigenvalue weighted by molar-refractivity contribution is 0.231. The van der Waals surface area contributed by atoms with E-state index in [1.54, 1.807) is 0 Å². The number of hydrogen-bond donors (Lipinski definition) is 1. The second-order valence-electron chi connectivity index (χ2n) is 6.90. The Morgan fingerprint density at radius 2 is 1.50 bits per heavy atom. The van der Waals surface area contributed by atoms with Gasteiger partial charge >= 0.3 is 0 Å². The lowest BCUT2D eigenvalue weighted by Gasteiger charge is -2.22. The van der Waals surface area contributed by atoms with Gasteiger partial charge in [-0.05, 0) is 48.4 Å². The standard InChI is InChI=1S/C22H31NO/c1-6-17(4)20-12-8-10-14-22(20)24-18(5)15-23-21-13-9-7-11-19(21)16(2)3/h7-14,16-18,23H,6,15H2,1-5H3. The van der Waals surface area contributed by atoms with Crippen molar-refractivity contribution < 1.29 is 4.74 Å². The van der Waals surface area contributed by atoms with Gasteiger partial charge in [0.15, 0.2) is 0 Å². The molecule has 0 bridgehead atoms. The summed E-state index contributed by atoms with van der Waals surface area (Å²) >= 11 is 0. The van der Waals surface area contributed by atoms with Gasteiger partial charge in [0.05, 0.1) is 6.54 Å². The molecule has 2 unspecified atom stereocenters. The highest BCUT2D eigenvalue weighted by Crippen LogP contribution is 2.29. The molecular formula is C22H31NO. The van der Waals surface area contributed by atoms with Crippen molar-refractivity contribution in [1.29, 1.82) is 0 Å². The number of nitrogens with one attached hydrogen (secondary N) is 1. The van der Waals surface area contributed by atoms with Crippen LogP contribution in [0.4, 0.5) is 5.69 Å². The van der Waals surface area contributed by atoms with Crippen LogP contribution in [0, 0.1) is 0 Å². The average Bonchev–Trinajstić information content (AvgIpc) is 2.60. The van der Waals surface area contributed by atoms with E-state index >= 15 is 0 Å². The van der Waals surface area contributed by atoms with E-state index in [1.807, 2.05) is 0 Å². The van der Waals surface area contributed by atoms with Crippen LogP contribution in [0.1, 0.15) is 64.0 Å². The summed E-state index contributed by atoms with van der Waals surface area (Å²) < 4.78 is 6.23. The maximum absolute atomic E-state index is 6.23. The molecule has 2 aromatic rings. The Morgan fingerprint density at radius 1 is 0.875 bits per heavy atom. The van der Waals surface area contributed by atoms with Crippen LogP contribution in [0.3, 0.4) is 0 Å². The van der Waals surface area contributed by atoms with Gasteiger partial charge in [0.25, 0.3) is 0 Å². The van der Waals surface area contributed by atoms with Gasteiger partial charge in [-0.15, -0.1) is 0 Å². The van der Waals surface area contributed by atoms with Crippen molar-refractivity contribution in [3.05, 3.63) is 59.7 Å². The molecule has 24 heavy (non-hydrogen) atoms. The maximum atomic E-state index is 6.23. The topological polar surface area (TPSA) is 21.3 Å². The van der Waals surface area contributed by atoms with Crippen LogP contribution >= 0.6 is 0 Å². The zero-order chi connectivity index (χ0) is 17.5. The minimum atomic E-state index is 0.107. The predicted molar refractivity (Wildman–Crippen MR) is 104 cm³/mol. The van der Waals surface area contributed by atoms with Crippen molar-refractivity contribution in [3.63, 3.8) is 0 Å². The second-order valence-corrected chi connectivity index (χ2v) is 6.90. The highest BCUT2D eigenvalue weighted by Gasteiger charge is 2.13. The van der Waals surface area contributed by atoms with Crippen LogP contribution in [0.15, 0.2) is 48.5 Å². The lowest BCUT2D eigenvalue weighted by atomic mass is 9.98. The molecular weight excluding hydrogens is 294 g/mol. The zero-order valence-corrected chi connectivity index (χ0v) is 15.7. The highest BCUT2D eigenvalue weighted by molar-refractivity contribution is 5.52. The van der Waals surface area contributed by atoms with E-state index in [9.17, 15) is 0 Å². The summed E-state index contributed by atoms with van der Waals surface area (Å²) in [6.07, 6.45) is 1.23. The Labute approximate surface area is 147 Å². The Hall–Kier alpha value is -1.96. The predicted octanol–water partition coefficient (Wildman–Crippen LogP) is 6.20. The van der Waals surface area contributed by atoms with E-state index in [0.29, 0.717) is 11.8 Å². The minimum absolute atomic E-state index is 0.107. The summed E-state index contributed by atoms with van der Waals surface area (Å²) in [6.45, 7) is 11.8. The second kappa shape index (κ2) is 8.77. The number of hydrogen-bond acceptors (Lipinski definition) is 2. The highest BCUT2D eigenvalue weighted by atomic mass is 16.5. The summed E-state index contributed by atoms with van der Waals surface area (Å²) in [5.41, 5.74) is 3.86. The van der Waals surface area contributed by atoms with Crippen molar-refractivity contribution in [2.75, 3.05) is 11.9 Å². The fraction of sp³-hybridized carbons (Fsp3) is 0.455. The summed E-state index contributed by atoms with van der Waals surface area (Å²) in [7, 11) is 0. The molecule has 0 spiro atoms.